The van der Waals surface area contributed by atoms with E-state index in [1.165, 1.54) is 0 Å². The number of aliphatic carboxylic acids is 1. The first kappa shape index (κ1) is 14.1. The third kappa shape index (κ3) is 2.98. The standard InChI is InChI=1S/C13H10F3NO3/c14-9-4-11(16)10(15)3-7(9)12(18)8(13(19)20)5-17-6-1-2-6/h3-6,17H,1-2H2,(H,19,20). The highest BCUT2D eigenvalue weighted by Gasteiger charge is 2.26. The van der Waals surface area contributed by atoms with E-state index in [2.05, 4.69) is 5.32 Å². The van der Waals surface area contributed by atoms with Crippen LogP contribution in [0.5, 0.6) is 0 Å². The van der Waals surface area contributed by atoms with Crippen LogP contribution < -0.4 is 5.32 Å². The fourth-order valence-corrected chi connectivity index (χ4v) is 1.52. The van der Waals surface area contributed by atoms with Gasteiger partial charge in [0.1, 0.15) is 11.4 Å². The minimum absolute atomic E-state index is 0.0898. The molecule has 4 nitrogen and oxygen atoms in total. The lowest BCUT2D eigenvalue weighted by molar-refractivity contribution is -0.132. The van der Waals surface area contributed by atoms with Crippen LogP contribution in [0.15, 0.2) is 23.9 Å². The number of halogens is 3. The van der Waals surface area contributed by atoms with Crippen LogP contribution >= 0.6 is 0 Å². The lowest BCUT2D eigenvalue weighted by Gasteiger charge is -2.05. The van der Waals surface area contributed by atoms with E-state index >= 15 is 0 Å². The van der Waals surface area contributed by atoms with Gasteiger partial charge < -0.3 is 10.4 Å². The first-order valence-electron chi connectivity index (χ1n) is 5.79. The fourth-order valence-electron chi connectivity index (χ4n) is 1.52. The Hall–Kier alpha value is -2.31. The van der Waals surface area contributed by atoms with Crippen molar-refractivity contribution in [3.8, 4) is 0 Å². The zero-order chi connectivity index (χ0) is 14.9. The van der Waals surface area contributed by atoms with Gasteiger partial charge in [-0.05, 0) is 18.9 Å². The molecule has 1 aliphatic carbocycles. The number of benzene rings is 1. The van der Waals surface area contributed by atoms with E-state index in [-0.39, 0.29) is 12.1 Å². The molecule has 0 heterocycles. The Morgan fingerprint density at radius 3 is 2.30 bits per heavy atom. The summed E-state index contributed by atoms with van der Waals surface area (Å²) in [6.07, 6.45) is 2.65. The molecule has 1 aromatic carbocycles. The highest BCUT2D eigenvalue weighted by atomic mass is 19.2. The summed E-state index contributed by atoms with van der Waals surface area (Å²) in [5.41, 5.74) is -1.56. The zero-order valence-electron chi connectivity index (χ0n) is 10.1. The van der Waals surface area contributed by atoms with Crippen LogP contribution in [0.4, 0.5) is 13.2 Å². The molecule has 0 bridgehead atoms. The Balaban J connectivity index is 2.34. The Morgan fingerprint density at radius 1 is 1.15 bits per heavy atom. The van der Waals surface area contributed by atoms with Crippen LogP contribution in [-0.2, 0) is 4.79 Å². The summed E-state index contributed by atoms with van der Waals surface area (Å²) in [7, 11) is 0. The number of nitrogens with one attached hydrogen (secondary N) is 1. The number of ketones is 1. The van der Waals surface area contributed by atoms with Gasteiger partial charge >= 0.3 is 5.97 Å². The smallest absolute Gasteiger partial charge is 0.341 e. The van der Waals surface area contributed by atoms with Crippen LogP contribution in [0.25, 0.3) is 0 Å². The van der Waals surface area contributed by atoms with Crippen molar-refractivity contribution in [3.05, 3.63) is 46.9 Å². The molecule has 1 fully saturated rings. The molecule has 0 aliphatic heterocycles. The number of carboxylic acid groups (broad SMARTS) is 1. The van der Waals surface area contributed by atoms with E-state index in [1.807, 2.05) is 0 Å². The van der Waals surface area contributed by atoms with E-state index in [9.17, 15) is 22.8 Å². The second-order valence-electron chi connectivity index (χ2n) is 4.38. The predicted octanol–water partition coefficient (Wildman–Crippen LogP) is 2.01. The molecule has 20 heavy (non-hydrogen) atoms. The van der Waals surface area contributed by atoms with Crippen molar-refractivity contribution in [2.75, 3.05) is 0 Å². The number of Topliss-reactive ketones (excluding diaryl/α,β-unsaturated/α-hetero) is 1. The quantitative estimate of drug-likeness (QED) is 0.285. The number of rotatable bonds is 5. The van der Waals surface area contributed by atoms with Crippen molar-refractivity contribution in [1.29, 1.82) is 0 Å². The third-order valence-electron chi connectivity index (χ3n) is 2.77. The molecule has 7 heteroatoms. The van der Waals surface area contributed by atoms with Crippen LogP contribution in [0.2, 0.25) is 0 Å². The molecule has 0 atom stereocenters. The summed E-state index contributed by atoms with van der Waals surface area (Å²) in [5.74, 6) is -6.98. The normalized spacial score (nSPS) is 15.1. The van der Waals surface area contributed by atoms with E-state index in [4.69, 9.17) is 5.11 Å². The average molecular weight is 285 g/mol. The second-order valence-corrected chi connectivity index (χ2v) is 4.38. The summed E-state index contributed by atoms with van der Waals surface area (Å²) in [5, 5.41) is 11.6. The van der Waals surface area contributed by atoms with Gasteiger partial charge in [0, 0.05) is 18.3 Å². The Morgan fingerprint density at radius 2 is 1.75 bits per heavy atom. The lowest BCUT2D eigenvalue weighted by Crippen LogP contribution is -2.19. The molecule has 0 amide bonds. The first-order chi connectivity index (χ1) is 9.40. The molecule has 0 saturated heterocycles. The van der Waals surface area contributed by atoms with Crippen LogP contribution in [-0.4, -0.2) is 22.9 Å². The summed E-state index contributed by atoms with van der Waals surface area (Å²) in [4.78, 5) is 22.9. The van der Waals surface area contributed by atoms with Gasteiger partial charge in [0.05, 0.1) is 5.56 Å². The van der Waals surface area contributed by atoms with E-state index in [0.717, 1.165) is 19.0 Å². The molecular weight excluding hydrogens is 275 g/mol. The van der Waals surface area contributed by atoms with Crippen molar-refractivity contribution >= 4 is 11.8 Å². The van der Waals surface area contributed by atoms with Gasteiger partial charge in [0.15, 0.2) is 11.6 Å². The first-order valence-corrected chi connectivity index (χ1v) is 5.79. The maximum atomic E-state index is 13.4. The van der Waals surface area contributed by atoms with Crippen molar-refractivity contribution < 1.29 is 27.9 Å². The van der Waals surface area contributed by atoms with Gasteiger partial charge in [-0.15, -0.1) is 0 Å². The summed E-state index contributed by atoms with van der Waals surface area (Å²) in [6, 6.07) is 0.643. The molecule has 0 aromatic heterocycles. The molecule has 0 radical (unpaired) electrons. The maximum absolute atomic E-state index is 13.4. The Labute approximate surface area is 111 Å². The summed E-state index contributed by atoms with van der Waals surface area (Å²) in [6.45, 7) is 0. The van der Waals surface area contributed by atoms with Gasteiger partial charge in [-0.3, -0.25) is 4.79 Å². The van der Waals surface area contributed by atoms with Gasteiger partial charge in [-0.2, -0.15) is 0 Å². The van der Waals surface area contributed by atoms with Crippen molar-refractivity contribution in [2.45, 2.75) is 18.9 Å². The molecule has 2 N–H and O–H groups in total. The van der Waals surface area contributed by atoms with E-state index < -0.39 is 40.3 Å². The number of hydrogen-bond donors (Lipinski definition) is 2. The van der Waals surface area contributed by atoms with Crippen LogP contribution in [0.3, 0.4) is 0 Å². The molecule has 2 rings (SSSR count). The summed E-state index contributed by atoms with van der Waals surface area (Å²) < 4.78 is 39.3. The lowest BCUT2D eigenvalue weighted by atomic mass is 10.0. The van der Waals surface area contributed by atoms with Gasteiger partial charge in [0.2, 0.25) is 5.78 Å². The van der Waals surface area contributed by atoms with E-state index in [0.29, 0.717) is 6.07 Å². The zero-order valence-corrected chi connectivity index (χ0v) is 10.1. The minimum atomic E-state index is -1.58. The van der Waals surface area contributed by atoms with Crippen molar-refractivity contribution in [2.24, 2.45) is 0 Å². The van der Waals surface area contributed by atoms with Gasteiger partial charge in [-0.1, -0.05) is 0 Å². The second kappa shape index (κ2) is 5.36. The number of carbonyl (C=O) groups excluding carboxylic acids is 1. The van der Waals surface area contributed by atoms with E-state index in [1.54, 1.807) is 0 Å². The summed E-state index contributed by atoms with van der Waals surface area (Å²) >= 11 is 0. The molecular formula is C13H10F3NO3. The number of carboxylic acids is 1. The fraction of sp³-hybridized carbons (Fsp3) is 0.231. The molecule has 1 aliphatic rings. The minimum Gasteiger partial charge on any atom is -0.477 e. The predicted molar refractivity (Wildman–Crippen MR) is 62.5 cm³/mol. The highest BCUT2D eigenvalue weighted by molar-refractivity contribution is 6.23. The van der Waals surface area contributed by atoms with Crippen molar-refractivity contribution in [1.82, 2.24) is 5.32 Å². The largest absolute Gasteiger partial charge is 0.477 e. The molecule has 106 valence electrons. The Kier molecular flexibility index (Phi) is 3.78. The molecule has 0 spiro atoms. The molecule has 1 aromatic rings. The monoisotopic (exact) mass is 285 g/mol. The van der Waals surface area contributed by atoms with Gasteiger partial charge in [-0.25, -0.2) is 18.0 Å². The Bertz CT molecular complexity index is 609. The molecule has 0 unspecified atom stereocenters. The highest BCUT2D eigenvalue weighted by Crippen LogP contribution is 2.20. The average Bonchev–Trinajstić information content (AvgIpc) is 3.17. The van der Waals surface area contributed by atoms with Crippen molar-refractivity contribution in [3.63, 3.8) is 0 Å². The molecule has 1 saturated carbocycles. The third-order valence-corrected chi connectivity index (χ3v) is 2.77. The van der Waals surface area contributed by atoms with Gasteiger partial charge in [0.25, 0.3) is 0 Å². The van der Waals surface area contributed by atoms with Crippen LogP contribution in [0.1, 0.15) is 23.2 Å². The number of hydrogen-bond acceptors (Lipinski definition) is 3. The topological polar surface area (TPSA) is 66.4 Å². The maximum Gasteiger partial charge on any atom is 0.341 e. The SMILES string of the molecule is O=C(O)C(=CNC1CC1)C(=O)c1cc(F)c(F)cc1F. The number of carbonyl (C=O) groups is 2. The van der Waals surface area contributed by atoms with Crippen LogP contribution in [0, 0.1) is 17.5 Å².